The minimum Gasteiger partial charge on any atom is -0.462 e. The number of hydrogen-bond acceptors (Lipinski definition) is 6. The molecule has 422 valence electrons. The zero-order valence-electron chi connectivity index (χ0n) is 48.4. The summed E-state index contributed by atoms with van der Waals surface area (Å²) in [6, 6.07) is 0. The zero-order chi connectivity index (χ0) is 52.9. The van der Waals surface area contributed by atoms with Crippen molar-refractivity contribution in [1.29, 1.82) is 0 Å². The molecule has 0 radical (unpaired) electrons. The first-order valence-corrected chi connectivity index (χ1v) is 31.4. The van der Waals surface area contributed by atoms with Crippen molar-refractivity contribution in [2.45, 2.75) is 322 Å². The summed E-state index contributed by atoms with van der Waals surface area (Å²) in [5.74, 6) is -0.878. The first-order chi connectivity index (χ1) is 36.0. The Morgan fingerprint density at radius 2 is 0.562 bits per heavy atom. The molecular formula is C67H118O6. The lowest BCUT2D eigenvalue weighted by Gasteiger charge is -2.18. The molecule has 0 N–H and O–H groups in total. The Hall–Kier alpha value is -3.15. The van der Waals surface area contributed by atoms with Crippen molar-refractivity contribution in [2.24, 2.45) is 0 Å². The molecule has 0 aliphatic carbocycles. The summed E-state index contributed by atoms with van der Waals surface area (Å²) in [6.45, 7) is 6.49. The highest BCUT2D eigenvalue weighted by atomic mass is 16.6. The van der Waals surface area contributed by atoms with E-state index in [-0.39, 0.29) is 31.1 Å². The Morgan fingerprint density at radius 1 is 0.288 bits per heavy atom. The number of allylic oxidation sites excluding steroid dienone is 12. The lowest BCUT2D eigenvalue weighted by atomic mass is 10.0. The molecule has 0 saturated heterocycles. The summed E-state index contributed by atoms with van der Waals surface area (Å²) in [6.07, 6.45) is 79.1. The van der Waals surface area contributed by atoms with Gasteiger partial charge in [0.15, 0.2) is 6.10 Å². The molecule has 0 rings (SSSR count). The highest BCUT2D eigenvalue weighted by Crippen LogP contribution is 2.17. The van der Waals surface area contributed by atoms with Crippen LogP contribution in [0.4, 0.5) is 0 Å². The molecule has 0 fully saturated rings. The van der Waals surface area contributed by atoms with Gasteiger partial charge in [-0.25, -0.2) is 0 Å². The Labute approximate surface area is 453 Å². The van der Waals surface area contributed by atoms with Crippen LogP contribution in [0, 0.1) is 0 Å². The van der Waals surface area contributed by atoms with E-state index in [1.54, 1.807) is 0 Å². The summed E-state index contributed by atoms with van der Waals surface area (Å²) in [5.41, 5.74) is 0. The van der Waals surface area contributed by atoms with Crippen molar-refractivity contribution >= 4 is 17.9 Å². The number of esters is 3. The highest BCUT2D eigenvalue weighted by Gasteiger charge is 2.19. The summed E-state index contributed by atoms with van der Waals surface area (Å²) < 4.78 is 16.9. The van der Waals surface area contributed by atoms with Crippen LogP contribution in [0.5, 0.6) is 0 Å². The minimum absolute atomic E-state index is 0.0777. The maximum Gasteiger partial charge on any atom is 0.306 e. The van der Waals surface area contributed by atoms with E-state index in [9.17, 15) is 14.4 Å². The van der Waals surface area contributed by atoms with Gasteiger partial charge in [-0.15, -0.1) is 0 Å². The largest absolute Gasteiger partial charge is 0.462 e. The van der Waals surface area contributed by atoms with Crippen molar-refractivity contribution in [3.8, 4) is 0 Å². The van der Waals surface area contributed by atoms with Gasteiger partial charge in [-0.2, -0.15) is 0 Å². The fraction of sp³-hybridized carbons (Fsp3) is 0.776. The van der Waals surface area contributed by atoms with Gasteiger partial charge in [-0.3, -0.25) is 14.4 Å². The first-order valence-electron chi connectivity index (χ1n) is 31.4. The predicted molar refractivity (Wildman–Crippen MR) is 316 cm³/mol. The molecule has 0 aromatic heterocycles. The molecule has 73 heavy (non-hydrogen) atoms. The Bertz CT molecular complexity index is 1360. The maximum absolute atomic E-state index is 12.9. The average molecular weight is 1020 g/mol. The second-order valence-corrected chi connectivity index (χ2v) is 20.9. The fourth-order valence-corrected chi connectivity index (χ4v) is 9.00. The standard InChI is InChI=1S/C67H118O6/c1-4-7-10-13-16-19-22-25-27-29-30-31-32-33-34-35-36-38-39-42-45-48-51-54-57-60-66(69)72-63-64(62-71-65(68)59-56-53-50-47-44-41-24-21-18-15-12-9-6-3)73-67(70)61-58-55-52-49-46-43-40-37-28-26-23-20-17-14-11-8-5-2/h7,10,12,15-16,19,21,24-25,27,30-31,64H,4-6,8-9,11,13-14,17-18,20,22-23,26,28-29,32-63H2,1-3H3/b10-7-,15-12-,19-16-,24-21-,27-25-,31-30-. The van der Waals surface area contributed by atoms with E-state index in [1.165, 1.54) is 167 Å². The van der Waals surface area contributed by atoms with Crippen molar-refractivity contribution in [3.63, 3.8) is 0 Å². The molecule has 1 unspecified atom stereocenters. The van der Waals surface area contributed by atoms with Gasteiger partial charge in [0.1, 0.15) is 13.2 Å². The van der Waals surface area contributed by atoms with E-state index in [0.717, 1.165) is 109 Å². The molecule has 0 spiro atoms. The molecule has 0 saturated carbocycles. The number of unbranched alkanes of at least 4 members (excludes halogenated alkanes) is 34. The van der Waals surface area contributed by atoms with E-state index in [4.69, 9.17) is 14.2 Å². The van der Waals surface area contributed by atoms with Crippen LogP contribution in [0.25, 0.3) is 0 Å². The first kappa shape index (κ1) is 69.8. The Kier molecular flexibility index (Phi) is 58.7. The molecule has 0 heterocycles. The maximum atomic E-state index is 12.9. The Morgan fingerprint density at radius 3 is 0.890 bits per heavy atom. The molecule has 0 aromatic rings. The molecule has 1 atom stereocenters. The van der Waals surface area contributed by atoms with Crippen LogP contribution < -0.4 is 0 Å². The van der Waals surface area contributed by atoms with Crippen LogP contribution in [-0.2, 0) is 28.6 Å². The third-order valence-electron chi connectivity index (χ3n) is 13.7. The van der Waals surface area contributed by atoms with Gasteiger partial charge in [-0.1, -0.05) is 286 Å². The van der Waals surface area contributed by atoms with Crippen LogP contribution in [0.1, 0.15) is 316 Å². The smallest absolute Gasteiger partial charge is 0.306 e. The van der Waals surface area contributed by atoms with Gasteiger partial charge < -0.3 is 14.2 Å². The summed E-state index contributed by atoms with van der Waals surface area (Å²) in [4.78, 5) is 38.3. The number of ether oxygens (including phenoxy) is 3. The second kappa shape index (κ2) is 61.4. The van der Waals surface area contributed by atoms with E-state index in [1.807, 2.05) is 0 Å². The second-order valence-electron chi connectivity index (χ2n) is 20.9. The number of rotatable bonds is 57. The molecular weight excluding hydrogens is 901 g/mol. The van der Waals surface area contributed by atoms with Crippen LogP contribution >= 0.6 is 0 Å². The third-order valence-corrected chi connectivity index (χ3v) is 13.7. The predicted octanol–water partition coefficient (Wildman–Crippen LogP) is 21.3. The monoisotopic (exact) mass is 1020 g/mol. The summed E-state index contributed by atoms with van der Waals surface area (Å²) >= 11 is 0. The van der Waals surface area contributed by atoms with Gasteiger partial charge in [0.25, 0.3) is 0 Å². The fourth-order valence-electron chi connectivity index (χ4n) is 9.00. The topological polar surface area (TPSA) is 78.9 Å². The number of carbonyl (C=O) groups excluding carboxylic acids is 3. The lowest BCUT2D eigenvalue weighted by Crippen LogP contribution is -2.30. The van der Waals surface area contributed by atoms with Gasteiger partial charge in [0.05, 0.1) is 0 Å². The minimum atomic E-state index is -0.780. The van der Waals surface area contributed by atoms with E-state index in [0.29, 0.717) is 19.3 Å². The van der Waals surface area contributed by atoms with Crippen molar-refractivity contribution < 1.29 is 28.6 Å². The van der Waals surface area contributed by atoms with Gasteiger partial charge in [0.2, 0.25) is 0 Å². The molecule has 0 bridgehead atoms. The Balaban J connectivity index is 4.28. The highest BCUT2D eigenvalue weighted by molar-refractivity contribution is 5.71. The van der Waals surface area contributed by atoms with E-state index < -0.39 is 6.10 Å². The van der Waals surface area contributed by atoms with Gasteiger partial charge >= 0.3 is 17.9 Å². The SMILES string of the molecule is CC/C=C\C/C=C\C/C=C\C/C=C\CCCCCCCCCCCCCCC(=O)OCC(COC(=O)CCCCCCC/C=C\C/C=C\CCC)OC(=O)CCCCCCCCCCCCCCCCCCC. The van der Waals surface area contributed by atoms with Crippen molar-refractivity contribution in [3.05, 3.63) is 72.9 Å². The third kappa shape index (κ3) is 59.6. The molecule has 0 aliphatic heterocycles. The summed E-state index contributed by atoms with van der Waals surface area (Å²) in [5, 5.41) is 0. The van der Waals surface area contributed by atoms with Crippen LogP contribution in [0.15, 0.2) is 72.9 Å². The lowest BCUT2D eigenvalue weighted by molar-refractivity contribution is -0.167. The molecule has 0 aliphatic rings. The van der Waals surface area contributed by atoms with Crippen molar-refractivity contribution in [1.82, 2.24) is 0 Å². The number of hydrogen-bond donors (Lipinski definition) is 0. The number of carbonyl (C=O) groups is 3. The summed E-state index contributed by atoms with van der Waals surface area (Å²) in [7, 11) is 0. The molecule has 6 heteroatoms. The van der Waals surface area contributed by atoms with Gasteiger partial charge in [-0.05, 0) is 83.5 Å². The molecule has 0 aromatic carbocycles. The zero-order valence-corrected chi connectivity index (χ0v) is 48.4. The van der Waals surface area contributed by atoms with Crippen LogP contribution in [0.2, 0.25) is 0 Å². The van der Waals surface area contributed by atoms with E-state index >= 15 is 0 Å². The molecule has 0 amide bonds. The van der Waals surface area contributed by atoms with Crippen molar-refractivity contribution in [2.75, 3.05) is 13.2 Å². The normalized spacial score (nSPS) is 12.5. The van der Waals surface area contributed by atoms with Crippen LogP contribution in [0.3, 0.4) is 0 Å². The average Bonchev–Trinajstić information content (AvgIpc) is 3.39. The quantitative estimate of drug-likeness (QED) is 0.0261. The molecule has 6 nitrogen and oxygen atoms in total. The van der Waals surface area contributed by atoms with Crippen LogP contribution in [-0.4, -0.2) is 37.2 Å². The van der Waals surface area contributed by atoms with Gasteiger partial charge in [0, 0.05) is 19.3 Å². The van der Waals surface area contributed by atoms with E-state index in [2.05, 4.69) is 93.7 Å².